The highest BCUT2D eigenvalue weighted by Gasteiger charge is 2.02. The van der Waals surface area contributed by atoms with Gasteiger partial charge in [-0.1, -0.05) is 18.2 Å². The Morgan fingerprint density at radius 3 is 2.71 bits per heavy atom. The third-order valence-corrected chi connectivity index (χ3v) is 2.59. The molecule has 0 saturated heterocycles. The van der Waals surface area contributed by atoms with E-state index >= 15 is 0 Å². The molecule has 0 fully saturated rings. The molecule has 17 heavy (non-hydrogen) atoms. The van der Waals surface area contributed by atoms with Crippen molar-refractivity contribution in [2.24, 2.45) is 9.98 Å². The summed E-state index contributed by atoms with van der Waals surface area (Å²) in [6, 6.07) is 11.1. The fraction of sp³-hybridized carbons (Fsp3) is 0.500. The first-order chi connectivity index (χ1) is 8.25. The van der Waals surface area contributed by atoms with Crippen LogP contribution in [0.5, 0.6) is 0 Å². The number of nitrogens with zero attached hydrogens (tertiary/aromatic N) is 3. The average molecular weight is 231 g/mol. The molecule has 0 aliphatic heterocycles. The number of hydrogen-bond donors (Lipinski definition) is 0. The van der Waals surface area contributed by atoms with Crippen molar-refractivity contribution in [3.8, 4) is 0 Å². The topological polar surface area (TPSA) is 28.0 Å². The zero-order valence-corrected chi connectivity index (χ0v) is 11.0. The molecule has 0 radical (unpaired) electrons. The lowest BCUT2D eigenvalue weighted by molar-refractivity contribution is 0.796. The predicted octanol–water partition coefficient (Wildman–Crippen LogP) is 3.02. The van der Waals surface area contributed by atoms with E-state index in [-0.39, 0.29) is 0 Å². The maximum atomic E-state index is 4.11. The Hall–Kier alpha value is -1.60. The van der Waals surface area contributed by atoms with Crippen LogP contribution in [0.1, 0.15) is 18.9 Å². The highest BCUT2D eigenvalue weighted by molar-refractivity contribution is 5.52. The van der Waals surface area contributed by atoms with Crippen molar-refractivity contribution in [2.45, 2.75) is 20.3 Å². The van der Waals surface area contributed by atoms with Gasteiger partial charge >= 0.3 is 0 Å². The van der Waals surface area contributed by atoms with Crippen LogP contribution >= 0.6 is 0 Å². The van der Waals surface area contributed by atoms with Crippen molar-refractivity contribution in [3.63, 3.8) is 0 Å². The summed E-state index contributed by atoms with van der Waals surface area (Å²) in [6.45, 7) is 6.67. The predicted molar refractivity (Wildman–Crippen MR) is 74.3 cm³/mol. The van der Waals surface area contributed by atoms with Gasteiger partial charge in [0.15, 0.2) is 0 Å². The van der Waals surface area contributed by atoms with Crippen molar-refractivity contribution in [1.82, 2.24) is 0 Å². The van der Waals surface area contributed by atoms with Crippen LogP contribution in [0.25, 0.3) is 0 Å². The third-order valence-electron chi connectivity index (χ3n) is 2.59. The number of para-hydroxylation sites is 1. The van der Waals surface area contributed by atoms with Crippen molar-refractivity contribution in [1.29, 1.82) is 0 Å². The van der Waals surface area contributed by atoms with Crippen LogP contribution in [-0.4, -0.2) is 32.7 Å². The minimum absolute atomic E-state index is 0.757. The summed E-state index contributed by atoms with van der Waals surface area (Å²) in [5.41, 5.74) is 2.60. The molecule has 0 aliphatic carbocycles. The van der Waals surface area contributed by atoms with Gasteiger partial charge in [0.05, 0.1) is 12.6 Å². The normalized spacial score (nSPS) is 9.59. The number of aryl methyl sites for hydroxylation is 1. The molecule has 1 rings (SSSR count). The van der Waals surface area contributed by atoms with E-state index in [9.17, 15) is 0 Å². The summed E-state index contributed by atoms with van der Waals surface area (Å²) in [4.78, 5) is 10.3. The summed E-state index contributed by atoms with van der Waals surface area (Å²) in [5, 5.41) is 0. The van der Waals surface area contributed by atoms with Crippen LogP contribution < -0.4 is 4.90 Å². The lowest BCUT2D eigenvalue weighted by Crippen LogP contribution is -2.19. The van der Waals surface area contributed by atoms with E-state index in [1.54, 1.807) is 0 Å². The molecule has 0 amide bonds. The molecule has 0 bridgehead atoms. The minimum atomic E-state index is 0.757. The first-order valence-corrected chi connectivity index (χ1v) is 6.10. The van der Waals surface area contributed by atoms with Crippen LogP contribution in [0.3, 0.4) is 0 Å². The van der Waals surface area contributed by atoms with Gasteiger partial charge in [0.1, 0.15) is 0 Å². The number of hydrogen-bond acceptors (Lipinski definition) is 3. The lowest BCUT2D eigenvalue weighted by Gasteiger charge is -2.20. The number of rotatable bonds is 6. The fourth-order valence-corrected chi connectivity index (χ4v) is 1.67. The van der Waals surface area contributed by atoms with E-state index in [1.807, 2.05) is 6.92 Å². The maximum absolute atomic E-state index is 4.11. The van der Waals surface area contributed by atoms with E-state index < -0.39 is 0 Å². The third kappa shape index (κ3) is 4.83. The minimum Gasteiger partial charge on any atom is -0.374 e. The maximum Gasteiger partial charge on any atom is 0.0892 e. The molecule has 0 aromatic heterocycles. The van der Waals surface area contributed by atoms with Gasteiger partial charge in [0.2, 0.25) is 0 Å². The van der Waals surface area contributed by atoms with Gasteiger partial charge in [0.25, 0.3) is 0 Å². The quantitative estimate of drug-likeness (QED) is 0.546. The van der Waals surface area contributed by atoms with E-state index in [4.69, 9.17) is 0 Å². The smallest absolute Gasteiger partial charge is 0.0892 e. The van der Waals surface area contributed by atoms with Gasteiger partial charge in [-0.2, -0.15) is 0 Å². The van der Waals surface area contributed by atoms with Crippen molar-refractivity contribution < 1.29 is 0 Å². The Morgan fingerprint density at radius 1 is 1.24 bits per heavy atom. The molecule has 1 aromatic carbocycles. The molecule has 3 heteroatoms. The number of aliphatic imine (C=N–C) groups is 2. The monoisotopic (exact) mass is 231 g/mol. The zero-order valence-electron chi connectivity index (χ0n) is 11.0. The fourth-order valence-electron chi connectivity index (χ4n) is 1.67. The second-order valence-electron chi connectivity index (χ2n) is 4.02. The molecule has 0 heterocycles. The van der Waals surface area contributed by atoms with Crippen LogP contribution in [-0.2, 0) is 0 Å². The van der Waals surface area contributed by atoms with Crippen LogP contribution in [0, 0.1) is 6.92 Å². The number of benzene rings is 1. The Balaban J connectivity index is 2.38. The SMILES string of the molecule is CCN=C=NCCCN(C)c1ccccc1C. The molecule has 3 nitrogen and oxygen atoms in total. The van der Waals surface area contributed by atoms with E-state index in [2.05, 4.69) is 59.1 Å². The Morgan fingerprint density at radius 2 is 2.00 bits per heavy atom. The second-order valence-corrected chi connectivity index (χ2v) is 4.02. The summed E-state index contributed by atoms with van der Waals surface area (Å²) in [7, 11) is 2.12. The summed E-state index contributed by atoms with van der Waals surface area (Å²) >= 11 is 0. The van der Waals surface area contributed by atoms with Gasteiger partial charge in [-0.3, -0.25) is 0 Å². The second kappa shape index (κ2) is 7.64. The first kappa shape index (κ1) is 13.5. The highest BCUT2D eigenvalue weighted by atomic mass is 15.1. The molecule has 92 valence electrons. The molecule has 0 saturated carbocycles. The first-order valence-electron chi connectivity index (χ1n) is 6.10. The van der Waals surface area contributed by atoms with Gasteiger partial charge in [-0.25, -0.2) is 9.98 Å². The largest absolute Gasteiger partial charge is 0.374 e. The molecule has 0 N–H and O–H groups in total. The summed E-state index contributed by atoms with van der Waals surface area (Å²) in [5.74, 6) is 0. The molecule has 0 atom stereocenters. The van der Waals surface area contributed by atoms with Gasteiger partial charge in [-0.05, 0) is 31.9 Å². The lowest BCUT2D eigenvalue weighted by atomic mass is 10.2. The standard InChI is InChI=1S/C14H21N3/c1-4-15-12-16-10-7-11-17(3)14-9-6-5-8-13(14)2/h5-6,8-9H,4,7,10-11H2,1-3H3. The Kier molecular flexibility index (Phi) is 6.05. The van der Waals surface area contributed by atoms with E-state index in [0.717, 1.165) is 26.1 Å². The number of anilines is 1. The highest BCUT2D eigenvalue weighted by Crippen LogP contribution is 2.17. The van der Waals surface area contributed by atoms with Crippen LogP contribution in [0.2, 0.25) is 0 Å². The zero-order chi connectivity index (χ0) is 12.5. The van der Waals surface area contributed by atoms with Crippen molar-refractivity contribution >= 4 is 11.7 Å². The van der Waals surface area contributed by atoms with Gasteiger partial charge < -0.3 is 4.90 Å². The van der Waals surface area contributed by atoms with E-state index in [0.29, 0.717) is 0 Å². The van der Waals surface area contributed by atoms with Crippen LogP contribution in [0.15, 0.2) is 34.3 Å². The molecule has 0 unspecified atom stereocenters. The van der Waals surface area contributed by atoms with E-state index in [1.165, 1.54) is 11.3 Å². The van der Waals surface area contributed by atoms with Crippen molar-refractivity contribution in [3.05, 3.63) is 29.8 Å². The van der Waals surface area contributed by atoms with Crippen molar-refractivity contribution in [2.75, 3.05) is 31.6 Å². The summed E-state index contributed by atoms with van der Waals surface area (Å²) < 4.78 is 0. The molecular formula is C14H21N3. The summed E-state index contributed by atoms with van der Waals surface area (Å²) in [6.07, 6.45) is 1.02. The molecule has 0 aliphatic rings. The molecule has 0 spiro atoms. The Labute approximate surface area is 104 Å². The van der Waals surface area contributed by atoms with Crippen LogP contribution in [0.4, 0.5) is 5.69 Å². The van der Waals surface area contributed by atoms with Gasteiger partial charge in [-0.15, -0.1) is 0 Å². The molecular weight excluding hydrogens is 210 g/mol. The average Bonchev–Trinajstić information content (AvgIpc) is 2.34. The van der Waals surface area contributed by atoms with Gasteiger partial charge in [0, 0.05) is 25.8 Å². The molecule has 1 aromatic rings. The Bertz CT molecular complexity index is 392.